The highest BCUT2D eigenvalue weighted by Gasteiger charge is 2.27. The summed E-state index contributed by atoms with van der Waals surface area (Å²) in [5.41, 5.74) is 1.64. The van der Waals surface area contributed by atoms with Gasteiger partial charge in [0, 0.05) is 19.7 Å². The van der Waals surface area contributed by atoms with Crippen LogP contribution in [0.4, 0.5) is 13.2 Å². The lowest BCUT2D eigenvalue weighted by Gasteiger charge is -2.12. The molecule has 0 aliphatic carbocycles. The average Bonchev–Trinajstić information content (AvgIpc) is 2.70. The number of nitrogens with zero attached hydrogens (tertiary/aromatic N) is 1. The number of nitrogens with one attached hydrogen (secondary N) is 2. The van der Waals surface area contributed by atoms with Crippen LogP contribution in [0.5, 0.6) is 0 Å². The maximum absolute atomic E-state index is 12.1. The van der Waals surface area contributed by atoms with Gasteiger partial charge in [0.2, 0.25) is 0 Å². The number of unbranched alkanes of at least 4 members (excludes halogenated alkanes) is 1. The van der Waals surface area contributed by atoms with Crippen LogP contribution in [0.25, 0.3) is 0 Å². The first kappa shape index (κ1) is 26.2. The number of halogens is 3. The van der Waals surface area contributed by atoms with Gasteiger partial charge >= 0.3 is 6.18 Å². The van der Waals surface area contributed by atoms with Crippen LogP contribution in [0, 0.1) is 0 Å². The molecule has 0 saturated heterocycles. The summed E-state index contributed by atoms with van der Waals surface area (Å²) in [4.78, 5) is 4.51. The molecular weight excluding hydrogens is 399 g/mol. The Morgan fingerprint density at radius 2 is 1.57 bits per heavy atom. The third kappa shape index (κ3) is 14.2. The highest BCUT2D eigenvalue weighted by Crippen LogP contribution is 2.16. The second-order valence-corrected chi connectivity index (χ2v) is 6.62. The molecule has 9 heteroatoms. The number of ether oxygens (including phenoxy) is 3. The number of alkyl halides is 3. The first-order valence-electron chi connectivity index (χ1n) is 10.3. The molecule has 172 valence electrons. The molecule has 2 N–H and O–H groups in total. The molecular formula is C21H34F3N3O3. The lowest BCUT2D eigenvalue weighted by atomic mass is 10.1. The second-order valence-electron chi connectivity index (χ2n) is 6.62. The third-order valence-electron chi connectivity index (χ3n) is 3.87. The van der Waals surface area contributed by atoms with Gasteiger partial charge in [-0.2, -0.15) is 13.2 Å². The van der Waals surface area contributed by atoms with E-state index in [2.05, 4.69) is 27.3 Å². The van der Waals surface area contributed by atoms with Crippen molar-refractivity contribution in [3.05, 3.63) is 35.4 Å². The molecule has 1 aromatic rings. The lowest BCUT2D eigenvalue weighted by molar-refractivity contribution is -0.176. The zero-order valence-corrected chi connectivity index (χ0v) is 17.9. The maximum atomic E-state index is 12.1. The van der Waals surface area contributed by atoms with Crippen molar-refractivity contribution in [2.45, 2.75) is 46.0 Å². The summed E-state index contributed by atoms with van der Waals surface area (Å²) in [7, 11) is 0. The van der Waals surface area contributed by atoms with Crippen LogP contribution in [0.3, 0.4) is 0 Å². The van der Waals surface area contributed by atoms with E-state index in [0.717, 1.165) is 31.6 Å². The Morgan fingerprint density at radius 1 is 0.900 bits per heavy atom. The topological polar surface area (TPSA) is 64.1 Å². The Bertz CT molecular complexity index is 581. The van der Waals surface area contributed by atoms with E-state index in [1.807, 2.05) is 19.1 Å². The van der Waals surface area contributed by atoms with Crippen LogP contribution in [-0.2, 0) is 27.4 Å². The fourth-order valence-electron chi connectivity index (χ4n) is 2.35. The predicted octanol–water partition coefficient (Wildman–Crippen LogP) is 3.65. The molecule has 1 rings (SSSR count). The average molecular weight is 434 g/mol. The number of guanidine groups is 1. The Kier molecular flexibility index (Phi) is 13.9. The van der Waals surface area contributed by atoms with Crippen molar-refractivity contribution >= 4 is 5.96 Å². The van der Waals surface area contributed by atoms with Crippen LogP contribution in [0.15, 0.2) is 29.3 Å². The first-order chi connectivity index (χ1) is 14.4. The van der Waals surface area contributed by atoms with Crippen molar-refractivity contribution in [1.82, 2.24) is 10.6 Å². The highest BCUT2D eigenvalue weighted by molar-refractivity contribution is 5.79. The molecule has 6 nitrogen and oxygen atoms in total. The van der Waals surface area contributed by atoms with Crippen molar-refractivity contribution in [2.75, 3.05) is 46.1 Å². The van der Waals surface area contributed by atoms with Crippen molar-refractivity contribution in [3.8, 4) is 0 Å². The highest BCUT2D eigenvalue weighted by atomic mass is 19.4. The normalized spacial score (nSPS) is 12.2. The van der Waals surface area contributed by atoms with Gasteiger partial charge in [-0.25, -0.2) is 4.99 Å². The molecule has 0 atom stereocenters. The van der Waals surface area contributed by atoms with Crippen LogP contribution >= 0.6 is 0 Å². The second kappa shape index (κ2) is 15.9. The summed E-state index contributed by atoms with van der Waals surface area (Å²) in [6, 6.07) is 7.16. The number of hydrogen-bond acceptors (Lipinski definition) is 4. The van der Waals surface area contributed by atoms with Gasteiger partial charge < -0.3 is 24.8 Å². The van der Waals surface area contributed by atoms with Crippen LogP contribution in [-0.4, -0.2) is 58.3 Å². The quantitative estimate of drug-likeness (QED) is 0.251. The van der Waals surface area contributed by atoms with Gasteiger partial charge in [-0.05, 0) is 24.5 Å². The molecule has 30 heavy (non-hydrogen) atoms. The van der Waals surface area contributed by atoms with E-state index in [1.54, 1.807) is 12.1 Å². The molecule has 0 saturated carbocycles. The van der Waals surface area contributed by atoms with E-state index in [0.29, 0.717) is 44.4 Å². The Hall–Kier alpha value is -1.84. The largest absolute Gasteiger partial charge is 0.411 e. The van der Waals surface area contributed by atoms with Gasteiger partial charge in [0.25, 0.3) is 0 Å². The van der Waals surface area contributed by atoms with Crippen molar-refractivity contribution < 1.29 is 27.4 Å². The molecule has 1 aromatic carbocycles. The lowest BCUT2D eigenvalue weighted by Crippen LogP contribution is -2.39. The van der Waals surface area contributed by atoms with Gasteiger partial charge in [0.15, 0.2) is 5.96 Å². The first-order valence-corrected chi connectivity index (χ1v) is 10.3. The predicted molar refractivity (Wildman–Crippen MR) is 112 cm³/mol. The number of benzene rings is 1. The Morgan fingerprint density at radius 3 is 2.20 bits per heavy atom. The summed E-state index contributed by atoms with van der Waals surface area (Å²) < 4.78 is 51.9. The summed E-state index contributed by atoms with van der Waals surface area (Å²) in [5, 5.41) is 6.37. The van der Waals surface area contributed by atoms with Gasteiger partial charge in [-0.15, -0.1) is 0 Å². The molecule has 0 fully saturated rings. The van der Waals surface area contributed by atoms with Gasteiger partial charge in [-0.3, -0.25) is 0 Å². The van der Waals surface area contributed by atoms with Gasteiger partial charge in [0.1, 0.15) is 6.61 Å². The molecule has 0 unspecified atom stereocenters. The SMILES string of the molecule is CCCCOCCOCCNC(=NCc1ccc(COCC(F)(F)F)cc1)NCC. The summed E-state index contributed by atoms with van der Waals surface area (Å²) in [5.74, 6) is 0.679. The van der Waals surface area contributed by atoms with Gasteiger partial charge in [0.05, 0.1) is 33.0 Å². The molecule has 0 spiro atoms. The van der Waals surface area contributed by atoms with Crippen LogP contribution in [0.1, 0.15) is 37.8 Å². The van der Waals surface area contributed by atoms with Crippen molar-refractivity contribution in [1.29, 1.82) is 0 Å². The van der Waals surface area contributed by atoms with Crippen molar-refractivity contribution in [3.63, 3.8) is 0 Å². The summed E-state index contributed by atoms with van der Waals surface area (Å²) >= 11 is 0. The van der Waals surface area contributed by atoms with E-state index in [1.165, 1.54) is 0 Å². The molecule has 0 aliphatic heterocycles. The molecule has 0 aromatic heterocycles. The molecule has 0 bridgehead atoms. The van der Waals surface area contributed by atoms with E-state index in [4.69, 9.17) is 9.47 Å². The molecule has 0 radical (unpaired) electrons. The number of aliphatic imine (C=N–C) groups is 1. The van der Waals surface area contributed by atoms with E-state index < -0.39 is 12.8 Å². The Balaban J connectivity index is 2.29. The van der Waals surface area contributed by atoms with Crippen LogP contribution in [0.2, 0.25) is 0 Å². The molecule has 0 amide bonds. The number of rotatable bonds is 15. The third-order valence-corrected chi connectivity index (χ3v) is 3.87. The molecule has 0 heterocycles. The minimum absolute atomic E-state index is 0.0725. The fourth-order valence-corrected chi connectivity index (χ4v) is 2.35. The minimum Gasteiger partial charge on any atom is -0.379 e. The zero-order chi connectivity index (χ0) is 22.1. The maximum Gasteiger partial charge on any atom is 0.411 e. The van der Waals surface area contributed by atoms with E-state index >= 15 is 0 Å². The van der Waals surface area contributed by atoms with E-state index in [-0.39, 0.29) is 6.61 Å². The summed E-state index contributed by atoms with van der Waals surface area (Å²) in [6.45, 7) is 7.09. The number of hydrogen-bond donors (Lipinski definition) is 2. The van der Waals surface area contributed by atoms with Gasteiger partial charge in [-0.1, -0.05) is 37.6 Å². The Labute approximate surface area is 177 Å². The monoisotopic (exact) mass is 433 g/mol. The zero-order valence-electron chi connectivity index (χ0n) is 17.9. The standard InChI is InChI=1S/C21H34F3N3O3/c1-3-5-11-28-13-14-29-12-10-26-20(25-4-2)27-15-18-6-8-19(9-7-18)16-30-17-21(22,23)24/h6-9H,3-5,10-17H2,1-2H3,(H2,25,26,27). The fraction of sp³-hybridized carbons (Fsp3) is 0.667. The van der Waals surface area contributed by atoms with E-state index in [9.17, 15) is 13.2 Å². The summed E-state index contributed by atoms with van der Waals surface area (Å²) in [6.07, 6.45) is -2.12. The minimum atomic E-state index is -4.31. The van der Waals surface area contributed by atoms with Crippen molar-refractivity contribution in [2.24, 2.45) is 4.99 Å². The van der Waals surface area contributed by atoms with Crippen LogP contribution < -0.4 is 10.6 Å². The smallest absolute Gasteiger partial charge is 0.379 e. The molecule has 0 aliphatic rings.